The second-order valence-corrected chi connectivity index (χ2v) is 4.16. The Kier molecular flexibility index (Phi) is 3.85. The first-order valence-electron chi connectivity index (χ1n) is 5.72. The van der Waals surface area contributed by atoms with Crippen LogP contribution in [0.5, 0.6) is 0 Å². The summed E-state index contributed by atoms with van der Waals surface area (Å²) < 4.78 is 31.9. The summed E-state index contributed by atoms with van der Waals surface area (Å²) in [5.41, 5.74) is 0. The molecule has 1 aromatic heterocycles. The average Bonchev–Trinajstić information content (AvgIpc) is 2.88. The summed E-state index contributed by atoms with van der Waals surface area (Å²) in [7, 11) is 0. The minimum Gasteiger partial charge on any atom is -0.456 e. The first-order chi connectivity index (χ1) is 8.58. The van der Waals surface area contributed by atoms with E-state index in [4.69, 9.17) is 0 Å². The summed E-state index contributed by atoms with van der Waals surface area (Å²) in [5, 5.41) is 10.4. The number of nitrogens with one attached hydrogen (secondary N) is 1. The molecular weight excluding hydrogens is 246 g/mol. The molecule has 0 spiro atoms. The predicted molar refractivity (Wildman–Crippen MR) is 57.0 cm³/mol. The Labute approximate surface area is 102 Å². The lowest BCUT2D eigenvalue weighted by molar-refractivity contribution is -0.159. The van der Waals surface area contributed by atoms with E-state index in [1.165, 1.54) is 0 Å². The third-order valence-corrected chi connectivity index (χ3v) is 2.64. The Morgan fingerprint density at radius 3 is 3.06 bits per heavy atom. The number of halogens is 2. The van der Waals surface area contributed by atoms with Crippen LogP contribution in [0.4, 0.5) is 8.78 Å². The molecule has 0 aliphatic carbocycles. The van der Waals surface area contributed by atoms with Gasteiger partial charge in [0, 0.05) is 19.3 Å². The summed E-state index contributed by atoms with van der Waals surface area (Å²) in [6, 6.07) is 0. The molecule has 1 unspecified atom stereocenters. The van der Waals surface area contributed by atoms with Crippen LogP contribution in [0.3, 0.4) is 0 Å². The lowest BCUT2D eigenvalue weighted by atomic mass is 10.2. The number of hydrogen-bond acceptors (Lipinski definition) is 5. The highest BCUT2D eigenvalue weighted by Crippen LogP contribution is 2.30. The monoisotopic (exact) mass is 260 g/mol. The van der Waals surface area contributed by atoms with Gasteiger partial charge in [0.05, 0.1) is 12.6 Å². The van der Waals surface area contributed by atoms with Crippen LogP contribution in [-0.4, -0.2) is 46.1 Å². The number of nitrogens with zero attached hydrogens (tertiary/aromatic N) is 3. The SMILES string of the molecule is O=C1OC(CNCCCn2ccnn2)CC1(F)F. The van der Waals surface area contributed by atoms with Gasteiger partial charge in [-0.05, 0) is 13.0 Å². The Bertz CT molecular complexity index is 397. The summed E-state index contributed by atoms with van der Waals surface area (Å²) >= 11 is 0. The van der Waals surface area contributed by atoms with Crippen LogP contribution in [-0.2, 0) is 16.1 Å². The second-order valence-electron chi connectivity index (χ2n) is 4.16. The van der Waals surface area contributed by atoms with E-state index in [1.807, 2.05) is 0 Å². The number of esters is 1. The van der Waals surface area contributed by atoms with Crippen LogP contribution in [0.2, 0.25) is 0 Å². The van der Waals surface area contributed by atoms with Crippen LogP contribution >= 0.6 is 0 Å². The number of alkyl halides is 2. The number of aromatic nitrogens is 3. The topological polar surface area (TPSA) is 69.0 Å². The third-order valence-electron chi connectivity index (χ3n) is 2.64. The van der Waals surface area contributed by atoms with Gasteiger partial charge in [-0.1, -0.05) is 5.21 Å². The van der Waals surface area contributed by atoms with Gasteiger partial charge in [-0.15, -0.1) is 5.10 Å². The van der Waals surface area contributed by atoms with Crippen molar-refractivity contribution in [1.82, 2.24) is 20.3 Å². The molecule has 8 heteroatoms. The zero-order valence-electron chi connectivity index (χ0n) is 9.68. The lowest BCUT2D eigenvalue weighted by Crippen LogP contribution is -2.28. The summed E-state index contributed by atoms with van der Waals surface area (Å²) in [6.45, 7) is 1.59. The van der Waals surface area contributed by atoms with E-state index in [9.17, 15) is 13.6 Å². The normalized spacial score (nSPS) is 22.1. The van der Waals surface area contributed by atoms with Crippen LogP contribution in [0.25, 0.3) is 0 Å². The van der Waals surface area contributed by atoms with E-state index < -0.39 is 24.4 Å². The van der Waals surface area contributed by atoms with E-state index in [-0.39, 0.29) is 6.54 Å². The van der Waals surface area contributed by atoms with Gasteiger partial charge in [-0.25, -0.2) is 4.79 Å². The van der Waals surface area contributed by atoms with Crippen LogP contribution in [0.1, 0.15) is 12.8 Å². The van der Waals surface area contributed by atoms with E-state index in [1.54, 1.807) is 17.1 Å². The Morgan fingerprint density at radius 1 is 1.61 bits per heavy atom. The zero-order valence-corrected chi connectivity index (χ0v) is 9.68. The first kappa shape index (κ1) is 12.9. The molecule has 18 heavy (non-hydrogen) atoms. The fraction of sp³-hybridized carbons (Fsp3) is 0.700. The van der Waals surface area contributed by atoms with Gasteiger partial charge >= 0.3 is 11.9 Å². The Hall–Kier alpha value is -1.57. The van der Waals surface area contributed by atoms with Crippen LogP contribution in [0, 0.1) is 0 Å². The van der Waals surface area contributed by atoms with Gasteiger partial charge in [-0.3, -0.25) is 4.68 Å². The van der Waals surface area contributed by atoms with Crippen molar-refractivity contribution in [3.8, 4) is 0 Å². The highest BCUT2D eigenvalue weighted by molar-refractivity contribution is 5.79. The van der Waals surface area contributed by atoms with Gasteiger partial charge < -0.3 is 10.1 Å². The lowest BCUT2D eigenvalue weighted by Gasteiger charge is -2.09. The zero-order chi connectivity index (χ0) is 13.0. The first-order valence-corrected chi connectivity index (χ1v) is 5.72. The van der Waals surface area contributed by atoms with Crippen molar-refractivity contribution in [2.45, 2.75) is 31.4 Å². The minimum absolute atomic E-state index is 0.249. The molecule has 1 atom stereocenters. The fourth-order valence-corrected chi connectivity index (χ4v) is 1.74. The molecule has 1 saturated heterocycles. The molecule has 0 saturated carbocycles. The van der Waals surface area contributed by atoms with E-state index in [0.29, 0.717) is 13.1 Å². The van der Waals surface area contributed by atoms with Crippen molar-refractivity contribution in [1.29, 1.82) is 0 Å². The smallest absolute Gasteiger partial charge is 0.377 e. The maximum absolute atomic E-state index is 12.8. The van der Waals surface area contributed by atoms with Crippen molar-refractivity contribution in [3.05, 3.63) is 12.4 Å². The number of aryl methyl sites for hydroxylation is 1. The fourth-order valence-electron chi connectivity index (χ4n) is 1.74. The standard InChI is InChI=1S/C10H14F2N4O2/c11-10(12)6-8(18-9(10)17)7-13-2-1-4-16-5-3-14-15-16/h3,5,8,13H,1-2,4,6-7H2. The average molecular weight is 260 g/mol. The summed E-state index contributed by atoms with van der Waals surface area (Å²) in [4.78, 5) is 10.7. The Balaban J connectivity index is 1.58. The molecule has 0 amide bonds. The maximum Gasteiger partial charge on any atom is 0.377 e. The van der Waals surface area contributed by atoms with Gasteiger partial charge in [0.1, 0.15) is 6.10 Å². The molecule has 2 rings (SSSR count). The maximum atomic E-state index is 12.8. The highest BCUT2D eigenvalue weighted by Gasteiger charge is 2.50. The number of carbonyl (C=O) groups excluding carboxylic acids is 1. The van der Waals surface area contributed by atoms with Crippen LogP contribution in [0.15, 0.2) is 12.4 Å². The number of carbonyl (C=O) groups is 1. The van der Waals surface area contributed by atoms with Crippen molar-refractivity contribution in [2.75, 3.05) is 13.1 Å². The minimum atomic E-state index is -3.33. The van der Waals surface area contributed by atoms with E-state index in [2.05, 4.69) is 20.4 Å². The molecular formula is C10H14F2N4O2. The third kappa shape index (κ3) is 3.22. The van der Waals surface area contributed by atoms with Gasteiger partial charge in [0.15, 0.2) is 0 Å². The van der Waals surface area contributed by atoms with Crippen LogP contribution < -0.4 is 5.32 Å². The van der Waals surface area contributed by atoms with Crippen molar-refractivity contribution < 1.29 is 18.3 Å². The number of ether oxygens (including phenoxy) is 1. The molecule has 1 aromatic rings. The molecule has 100 valence electrons. The molecule has 1 aliphatic heterocycles. The number of rotatable bonds is 6. The second kappa shape index (κ2) is 5.38. The molecule has 1 aliphatic rings. The molecule has 0 radical (unpaired) electrons. The highest BCUT2D eigenvalue weighted by atomic mass is 19.3. The molecule has 1 N–H and O–H groups in total. The molecule has 6 nitrogen and oxygen atoms in total. The molecule has 0 aromatic carbocycles. The largest absolute Gasteiger partial charge is 0.456 e. The number of cyclic esters (lactones) is 1. The van der Waals surface area contributed by atoms with Gasteiger partial charge in [-0.2, -0.15) is 8.78 Å². The van der Waals surface area contributed by atoms with E-state index in [0.717, 1.165) is 6.42 Å². The Morgan fingerprint density at radius 2 is 2.44 bits per heavy atom. The molecule has 0 bridgehead atoms. The summed E-state index contributed by atoms with van der Waals surface area (Å²) in [5.74, 6) is -4.75. The quantitative estimate of drug-likeness (QED) is 0.585. The van der Waals surface area contributed by atoms with E-state index >= 15 is 0 Å². The molecule has 1 fully saturated rings. The van der Waals surface area contributed by atoms with Crippen molar-refractivity contribution in [2.24, 2.45) is 0 Å². The predicted octanol–water partition coefficient (Wildman–Crippen LogP) is 0.209. The van der Waals surface area contributed by atoms with Gasteiger partial charge in [0.25, 0.3) is 0 Å². The molecule has 2 heterocycles. The van der Waals surface area contributed by atoms with Gasteiger partial charge in [0.2, 0.25) is 0 Å². The number of hydrogen-bond donors (Lipinski definition) is 1. The van der Waals surface area contributed by atoms with Crippen molar-refractivity contribution in [3.63, 3.8) is 0 Å². The van der Waals surface area contributed by atoms with Crippen molar-refractivity contribution >= 4 is 5.97 Å². The summed E-state index contributed by atoms with van der Waals surface area (Å²) in [6.07, 6.45) is 2.86.